The highest BCUT2D eigenvalue weighted by Gasteiger charge is 2.29. The van der Waals surface area contributed by atoms with Crippen LogP contribution in [0.1, 0.15) is 86.0 Å². The minimum atomic E-state index is -0.312. The maximum Gasteiger partial charge on any atom is 0.273 e. The molecule has 2 heterocycles. The van der Waals surface area contributed by atoms with E-state index in [9.17, 15) is 9.59 Å². The van der Waals surface area contributed by atoms with Crippen LogP contribution in [0.5, 0.6) is 11.5 Å². The highest BCUT2D eigenvalue weighted by Crippen LogP contribution is 2.33. The van der Waals surface area contributed by atoms with E-state index < -0.39 is 0 Å². The first-order chi connectivity index (χ1) is 16.7. The monoisotopic (exact) mass is 467 g/mol. The first-order valence-corrected chi connectivity index (χ1v) is 12.6. The van der Waals surface area contributed by atoms with Crippen molar-refractivity contribution < 1.29 is 23.6 Å². The average molecular weight is 468 g/mol. The molecule has 0 atom stereocenters. The van der Waals surface area contributed by atoms with Crippen LogP contribution in [0.2, 0.25) is 0 Å². The van der Waals surface area contributed by atoms with Crippen LogP contribution in [-0.4, -0.2) is 34.7 Å². The molecule has 2 saturated carbocycles. The SMILES string of the molecule is O=C(NCc1ccc2c(c1)OCO2)c1cc(CN(C(=O)CCC2CCCC2)C2CCCC2)on1. The minimum Gasteiger partial charge on any atom is -0.454 e. The Labute approximate surface area is 200 Å². The van der Waals surface area contributed by atoms with Gasteiger partial charge in [0.05, 0.1) is 6.54 Å². The lowest BCUT2D eigenvalue weighted by atomic mass is 10.0. The topological polar surface area (TPSA) is 93.9 Å². The molecule has 3 aliphatic rings. The molecule has 1 N–H and O–H groups in total. The number of amides is 2. The molecule has 0 spiro atoms. The van der Waals surface area contributed by atoms with E-state index >= 15 is 0 Å². The summed E-state index contributed by atoms with van der Waals surface area (Å²) >= 11 is 0. The summed E-state index contributed by atoms with van der Waals surface area (Å²) in [4.78, 5) is 27.7. The van der Waals surface area contributed by atoms with Crippen LogP contribution in [0.4, 0.5) is 0 Å². The van der Waals surface area contributed by atoms with E-state index in [0.717, 1.165) is 37.7 Å². The van der Waals surface area contributed by atoms with Gasteiger partial charge in [0.15, 0.2) is 23.0 Å². The Morgan fingerprint density at radius 3 is 2.59 bits per heavy atom. The van der Waals surface area contributed by atoms with Gasteiger partial charge >= 0.3 is 0 Å². The van der Waals surface area contributed by atoms with Crippen molar-refractivity contribution in [1.82, 2.24) is 15.4 Å². The first-order valence-electron chi connectivity index (χ1n) is 12.6. The number of rotatable bonds is 9. The molecule has 34 heavy (non-hydrogen) atoms. The van der Waals surface area contributed by atoms with Crippen LogP contribution in [-0.2, 0) is 17.9 Å². The Morgan fingerprint density at radius 1 is 1.00 bits per heavy atom. The largest absolute Gasteiger partial charge is 0.454 e. The van der Waals surface area contributed by atoms with Crippen LogP contribution in [0, 0.1) is 5.92 Å². The van der Waals surface area contributed by atoms with Gasteiger partial charge < -0.3 is 24.2 Å². The number of hydrogen-bond donors (Lipinski definition) is 1. The number of hydrogen-bond acceptors (Lipinski definition) is 6. The Morgan fingerprint density at radius 2 is 1.76 bits per heavy atom. The van der Waals surface area contributed by atoms with Gasteiger partial charge in [0.1, 0.15) is 0 Å². The first kappa shape index (κ1) is 22.7. The van der Waals surface area contributed by atoms with Gasteiger partial charge in [-0.1, -0.05) is 49.7 Å². The number of nitrogens with one attached hydrogen (secondary N) is 1. The molecule has 5 rings (SSSR count). The van der Waals surface area contributed by atoms with Crippen LogP contribution in [0.25, 0.3) is 0 Å². The summed E-state index contributed by atoms with van der Waals surface area (Å²) < 4.78 is 16.2. The van der Waals surface area contributed by atoms with Crippen molar-refractivity contribution in [2.45, 2.75) is 83.3 Å². The summed E-state index contributed by atoms with van der Waals surface area (Å²) in [5, 5.41) is 6.83. The van der Waals surface area contributed by atoms with Crippen LogP contribution >= 0.6 is 0 Å². The van der Waals surface area contributed by atoms with E-state index in [1.807, 2.05) is 23.1 Å². The minimum absolute atomic E-state index is 0.198. The predicted molar refractivity (Wildman–Crippen MR) is 124 cm³/mol. The molecule has 2 fully saturated rings. The zero-order valence-electron chi connectivity index (χ0n) is 19.6. The molecule has 182 valence electrons. The quantitative estimate of drug-likeness (QED) is 0.580. The summed E-state index contributed by atoms with van der Waals surface area (Å²) in [7, 11) is 0. The lowest BCUT2D eigenvalue weighted by Gasteiger charge is -2.28. The van der Waals surface area contributed by atoms with Crippen molar-refractivity contribution in [1.29, 1.82) is 0 Å². The smallest absolute Gasteiger partial charge is 0.273 e. The number of fused-ring (bicyclic) bond motifs is 1. The molecule has 0 radical (unpaired) electrons. The van der Waals surface area contributed by atoms with Gasteiger partial charge in [0, 0.05) is 25.1 Å². The van der Waals surface area contributed by atoms with Crippen molar-refractivity contribution in [2.24, 2.45) is 5.92 Å². The van der Waals surface area contributed by atoms with Gasteiger partial charge in [-0.3, -0.25) is 9.59 Å². The van der Waals surface area contributed by atoms with E-state index in [-0.39, 0.29) is 30.3 Å². The van der Waals surface area contributed by atoms with Crippen molar-refractivity contribution in [3.8, 4) is 11.5 Å². The highest BCUT2D eigenvalue weighted by atomic mass is 16.7. The number of ether oxygens (including phenoxy) is 2. The van der Waals surface area contributed by atoms with Gasteiger partial charge in [0.2, 0.25) is 12.7 Å². The molecule has 8 nitrogen and oxygen atoms in total. The Kier molecular flexibility index (Phi) is 7.02. The molecule has 2 aromatic rings. The highest BCUT2D eigenvalue weighted by molar-refractivity contribution is 5.92. The number of carbonyl (C=O) groups is 2. The number of carbonyl (C=O) groups excluding carboxylic acids is 2. The van der Waals surface area contributed by atoms with Crippen LogP contribution in [0.15, 0.2) is 28.8 Å². The van der Waals surface area contributed by atoms with Crippen molar-refractivity contribution in [3.05, 3.63) is 41.3 Å². The third kappa shape index (κ3) is 5.37. The van der Waals surface area contributed by atoms with Gasteiger partial charge in [-0.05, 0) is 42.9 Å². The van der Waals surface area contributed by atoms with Crippen molar-refractivity contribution in [2.75, 3.05) is 6.79 Å². The lowest BCUT2D eigenvalue weighted by Crippen LogP contribution is -2.38. The second kappa shape index (κ2) is 10.5. The zero-order valence-corrected chi connectivity index (χ0v) is 19.6. The third-order valence-corrected chi connectivity index (χ3v) is 7.33. The molecule has 1 aliphatic heterocycles. The standard InChI is InChI=1S/C26H33N3O5/c30-25(12-10-18-5-1-2-6-18)29(20-7-3-4-8-20)16-21-14-22(28-34-21)26(31)27-15-19-9-11-23-24(13-19)33-17-32-23/h9,11,13-14,18,20H,1-8,10,12,15-17H2,(H,27,31). The van der Waals surface area contributed by atoms with E-state index in [2.05, 4.69) is 10.5 Å². The van der Waals surface area contributed by atoms with Crippen LogP contribution in [0.3, 0.4) is 0 Å². The van der Waals surface area contributed by atoms with E-state index in [0.29, 0.717) is 42.7 Å². The number of aromatic nitrogens is 1. The summed E-state index contributed by atoms with van der Waals surface area (Å²) in [5.74, 6) is 2.52. The number of benzene rings is 1. The summed E-state index contributed by atoms with van der Waals surface area (Å²) in [6, 6.07) is 7.48. The summed E-state index contributed by atoms with van der Waals surface area (Å²) in [6.07, 6.45) is 11.0. The second-order valence-electron chi connectivity index (χ2n) is 9.70. The van der Waals surface area contributed by atoms with E-state index in [4.69, 9.17) is 14.0 Å². The van der Waals surface area contributed by atoms with Crippen molar-refractivity contribution >= 4 is 11.8 Å². The van der Waals surface area contributed by atoms with Crippen LogP contribution < -0.4 is 14.8 Å². The van der Waals surface area contributed by atoms with E-state index in [1.54, 1.807) is 6.07 Å². The zero-order chi connectivity index (χ0) is 23.3. The maximum absolute atomic E-state index is 13.1. The summed E-state index contributed by atoms with van der Waals surface area (Å²) in [5.41, 5.74) is 1.13. The molecular weight excluding hydrogens is 434 g/mol. The molecule has 2 aliphatic carbocycles. The fourth-order valence-electron chi connectivity index (χ4n) is 5.39. The fraction of sp³-hybridized carbons (Fsp3) is 0.577. The lowest BCUT2D eigenvalue weighted by molar-refractivity contribution is -0.134. The normalized spacial score (nSPS) is 17.9. The summed E-state index contributed by atoms with van der Waals surface area (Å²) in [6.45, 7) is 0.927. The number of nitrogens with zero attached hydrogens (tertiary/aromatic N) is 2. The molecule has 0 bridgehead atoms. The molecule has 1 aromatic heterocycles. The van der Waals surface area contributed by atoms with Gasteiger partial charge in [-0.15, -0.1) is 0 Å². The average Bonchev–Trinajstić information content (AvgIpc) is 3.66. The predicted octanol–water partition coefficient (Wildman–Crippen LogP) is 4.57. The third-order valence-electron chi connectivity index (χ3n) is 7.33. The molecule has 1 aromatic carbocycles. The second-order valence-corrected chi connectivity index (χ2v) is 9.70. The van der Waals surface area contributed by atoms with E-state index in [1.165, 1.54) is 25.7 Å². The Bertz CT molecular complexity index is 1010. The molecular formula is C26H33N3O5. The molecule has 2 amide bonds. The van der Waals surface area contributed by atoms with Gasteiger partial charge in [0.25, 0.3) is 5.91 Å². The molecule has 8 heteroatoms. The van der Waals surface area contributed by atoms with Gasteiger partial charge in [-0.2, -0.15) is 0 Å². The molecule has 0 saturated heterocycles. The Balaban J connectivity index is 1.17. The maximum atomic E-state index is 13.1. The van der Waals surface area contributed by atoms with Crippen molar-refractivity contribution in [3.63, 3.8) is 0 Å². The fourth-order valence-corrected chi connectivity index (χ4v) is 5.39. The van der Waals surface area contributed by atoms with Gasteiger partial charge in [-0.25, -0.2) is 0 Å². The Hall–Kier alpha value is -3.03. The molecule has 0 unspecified atom stereocenters.